The second-order valence-electron chi connectivity index (χ2n) is 1.63. The standard InChI is InChI=1S/C6H3N2S/c1-2-8-6-4-9-3-5(6)7-1/h1-3H. The van der Waals surface area contributed by atoms with Crippen LogP contribution in [0.25, 0.3) is 11.0 Å². The van der Waals surface area contributed by atoms with Crippen LogP contribution in [-0.4, -0.2) is 9.97 Å². The maximum absolute atomic E-state index is 4.06. The first-order valence-corrected chi connectivity index (χ1v) is 3.41. The van der Waals surface area contributed by atoms with Gasteiger partial charge in [-0.2, -0.15) is 0 Å². The summed E-state index contributed by atoms with van der Waals surface area (Å²) < 4.78 is 0. The molecule has 0 bridgehead atoms. The van der Waals surface area contributed by atoms with Gasteiger partial charge in [0.05, 0.1) is 5.38 Å². The zero-order valence-corrected chi connectivity index (χ0v) is 5.35. The Balaban J connectivity index is 2.95. The Morgan fingerprint density at radius 3 is 3.11 bits per heavy atom. The quantitative estimate of drug-likeness (QED) is 0.547. The van der Waals surface area contributed by atoms with Gasteiger partial charge in [-0.3, -0.25) is 9.97 Å². The summed E-state index contributed by atoms with van der Waals surface area (Å²) in [6.07, 6.45) is 3.36. The van der Waals surface area contributed by atoms with E-state index >= 15 is 0 Å². The van der Waals surface area contributed by atoms with Gasteiger partial charge in [0, 0.05) is 17.8 Å². The molecule has 2 aromatic heterocycles. The third-order valence-electron chi connectivity index (χ3n) is 1.05. The summed E-state index contributed by atoms with van der Waals surface area (Å²) in [5, 5.41) is 4.92. The fourth-order valence-electron chi connectivity index (χ4n) is 0.655. The van der Waals surface area contributed by atoms with Crippen LogP contribution >= 0.6 is 11.3 Å². The molecule has 0 amide bonds. The molecule has 0 unspecified atom stereocenters. The normalized spacial score (nSPS) is 10.2. The molecule has 9 heavy (non-hydrogen) atoms. The zero-order valence-electron chi connectivity index (χ0n) is 4.53. The van der Waals surface area contributed by atoms with E-state index < -0.39 is 0 Å². The van der Waals surface area contributed by atoms with Crippen molar-refractivity contribution in [3.63, 3.8) is 0 Å². The third kappa shape index (κ3) is 0.695. The zero-order chi connectivity index (χ0) is 6.10. The Morgan fingerprint density at radius 2 is 2.22 bits per heavy atom. The lowest BCUT2D eigenvalue weighted by Gasteiger charge is -1.80. The van der Waals surface area contributed by atoms with E-state index in [2.05, 4.69) is 15.3 Å². The minimum absolute atomic E-state index is 0.863. The van der Waals surface area contributed by atoms with E-state index in [9.17, 15) is 0 Å². The van der Waals surface area contributed by atoms with Gasteiger partial charge in [-0.1, -0.05) is 0 Å². The van der Waals surface area contributed by atoms with Gasteiger partial charge >= 0.3 is 0 Å². The second kappa shape index (κ2) is 1.77. The van der Waals surface area contributed by atoms with E-state index in [-0.39, 0.29) is 0 Å². The summed E-state index contributed by atoms with van der Waals surface area (Å²) >= 11 is 1.50. The second-order valence-corrected chi connectivity index (χ2v) is 2.30. The molecule has 43 valence electrons. The molecule has 0 spiro atoms. The number of nitrogens with zero attached hydrogens (tertiary/aromatic N) is 2. The van der Waals surface area contributed by atoms with Gasteiger partial charge in [-0.15, -0.1) is 11.3 Å². The Kier molecular flexibility index (Phi) is 0.960. The van der Waals surface area contributed by atoms with Crippen LogP contribution in [0.4, 0.5) is 0 Å². The predicted octanol–water partition coefficient (Wildman–Crippen LogP) is 1.49. The van der Waals surface area contributed by atoms with Crippen LogP contribution in [0.15, 0.2) is 17.8 Å². The van der Waals surface area contributed by atoms with Gasteiger partial charge in [0.25, 0.3) is 0 Å². The van der Waals surface area contributed by atoms with Gasteiger partial charge in [0.1, 0.15) is 11.0 Å². The Hall–Kier alpha value is -0.960. The molecule has 0 saturated heterocycles. The number of thiophene rings is 1. The summed E-state index contributed by atoms with van der Waals surface area (Å²) in [5.41, 5.74) is 1.80. The molecular weight excluding hydrogens is 132 g/mol. The molecule has 3 heteroatoms. The molecule has 2 rings (SSSR count). The number of hydrogen-bond donors (Lipinski definition) is 0. The fraction of sp³-hybridized carbons (Fsp3) is 0. The maximum Gasteiger partial charge on any atom is 0.108 e. The van der Waals surface area contributed by atoms with Crippen molar-refractivity contribution >= 4 is 22.4 Å². The predicted molar refractivity (Wildman–Crippen MR) is 36.3 cm³/mol. The summed E-state index contributed by atoms with van der Waals surface area (Å²) in [6, 6.07) is 0. The molecule has 0 saturated carbocycles. The lowest BCUT2D eigenvalue weighted by atomic mass is 10.5. The minimum Gasteiger partial charge on any atom is -0.252 e. The lowest BCUT2D eigenvalue weighted by Crippen LogP contribution is -1.73. The van der Waals surface area contributed by atoms with Crippen LogP contribution in [0.1, 0.15) is 0 Å². The van der Waals surface area contributed by atoms with E-state index in [1.54, 1.807) is 12.4 Å². The van der Waals surface area contributed by atoms with E-state index in [4.69, 9.17) is 0 Å². The summed E-state index contributed by atoms with van der Waals surface area (Å²) in [7, 11) is 0. The highest BCUT2D eigenvalue weighted by atomic mass is 32.1. The molecule has 0 aliphatic rings. The molecule has 2 nitrogen and oxygen atoms in total. The molecule has 1 radical (unpaired) electrons. The van der Waals surface area contributed by atoms with E-state index in [1.165, 1.54) is 11.3 Å². The first-order valence-electron chi connectivity index (χ1n) is 2.53. The van der Waals surface area contributed by atoms with Crippen molar-refractivity contribution in [3.8, 4) is 0 Å². The molecule has 0 aromatic carbocycles. The Labute approximate surface area is 56.2 Å². The number of aromatic nitrogens is 2. The van der Waals surface area contributed by atoms with Gasteiger partial charge in [-0.05, 0) is 0 Å². The molecule has 2 heterocycles. The van der Waals surface area contributed by atoms with Crippen molar-refractivity contribution in [2.75, 3.05) is 0 Å². The average molecular weight is 135 g/mol. The first-order chi connectivity index (χ1) is 4.47. The van der Waals surface area contributed by atoms with Gasteiger partial charge in [0.2, 0.25) is 0 Å². The molecule has 0 fully saturated rings. The highest BCUT2D eigenvalue weighted by Crippen LogP contribution is 2.10. The van der Waals surface area contributed by atoms with Crippen LogP contribution in [0.3, 0.4) is 0 Å². The first kappa shape index (κ1) is 4.88. The molecular formula is C6H3N2S. The molecule has 2 aromatic rings. The van der Waals surface area contributed by atoms with Crippen molar-refractivity contribution in [1.29, 1.82) is 0 Å². The highest BCUT2D eigenvalue weighted by Gasteiger charge is 1.91. The topological polar surface area (TPSA) is 25.8 Å². The summed E-state index contributed by atoms with van der Waals surface area (Å²) in [4.78, 5) is 8.09. The van der Waals surface area contributed by atoms with Crippen LogP contribution in [-0.2, 0) is 0 Å². The monoisotopic (exact) mass is 135 g/mol. The molecule has 0 atom stereocenters. The van der Waals surface area contributed by atoms with Crippen molar-refractivity contribution < 1.29 is 0 Å². The van der Waals surface area contributed by atoms with Gasteiger partial charge < -0.3 is 0 Å². The van der Waals surface area contributed by atoms with Gasteiger partial charge in [0.15, 0.2) is 0 Å². The lowest BCUT2D eigenvalue weighted by molar-refractivity contribution is 1.31. The maximum atomic E-state index is 4.06. The third-order valence-corrected chi connectivity index (χ3v) is 1.71. The summed E-state index contributed by atoms with van der Waals surface area (Å²) in [6.45, 7) is 0. The molecule has 0 N–H and O–H groups in total. The summed E-state index contributed by atoms with van der Waals surface area (Å²) in [5.74, 6) is 0. The van der Waals surface area contributed by atoms with Gasteiger partial charge in [-0.25, -0.2) is 0 Å². The number of fused-ring (bicyclic) bond motifs is 1. The van der Waals surface area contributed by atoms with Crippen LogP contribution < -0.4 is 0 Å². The Morgan fingerprint density at radius 1 is 1.33 bits per heavy atom. The number of rotatable bonds is 0. The Bertz CT molecular complexity index is 285. The van der Waals surface area contributed by atoms with Crippen molar-refractivity contribution in [1.82, 2.24) is 9.97 Å². The van der Waals surface area contributed by atoms with Crippen LogP contribution in [0, 0.1) is 5.38 Å². The largest absolute Gasteiger partial charge is 0.252 e. The molecule has 0 aliphatic carbocycles. The van der Waals surface area contributed by atoms with Crippen molar-refractivity contribution in [2.45, 2.75) is 0 Å². The average Bonchev–Trinajstić information content (AvgIpc) is 2.33. The molecule has 0 aliphatic heterocycles. The highest BCUT2D eigenvalue weighted by molar-refractivity contribution is 7.08. The smallest absolute Gasteiger partial charge is 0.108 e. The van der Waals surface area contributed by atoms with E-state index in [0.29, 0.717) is 0 Å². The van der Waals surface area contributed by atoms with Crippen LogP contribution in [0.5, 0.6) is 0 Å². The fourth-order valence-corrected chi connectivity index (χ4v) is 1.27. The van der Waals surface area contributed by atoms with Crippen LogP contribution in [0.2, 0.25) is 0 Å². The minimum atomic E-state index is 0.863. The SMILES string of the molecule is [c]1scc2nccnc12. The van der Waals surface area contributed by atoms with E-state index in [0.717, 1.165) is 11.0 Å². The van der Waals surface area contributed by atoms with E-state index in [1.807, 2.05) is 5.38 Å². The van der Waals surface area contributed by atoms with Crippen molar-refractivity contribution in [2.24, 2.45) is 0 Å². The van der Waals surface area contributed by atoms with Crippen molar-refractivity contribution in [3.05, 3.63) is 23.2 Å². The number of hydrogen-bond acceptors (Lipinski definition) is 3.